The number of carbonyl (C=O) groups is 1. The molecule has 0 spiro atoms. The molecule has 2 aromatic rings. The Morgan fingerprint density at radius 3 is 2.60 bits per heavy atom. The molecule has 2 nitrogen and oxygen atoms in total. The molecule has 0 fully saturated rings. The van der Waals surface area contributed by atoms with Crippen LogP contribution in [0.5, 0.6) is 0 Å². The van der Waals surface area contributed by atoms with Crippen LogP contribution < -0.4 is 0 Å². The first-order chi connectivity index (χ1) is 9.49. The van der Waals surface area contributed by atoms with Crippen molar-refractivity contribution >= 4 is 21.8 Å². The molecule has 0 heterocycles. The molecule has 0 radical (unpaired) electrons. The largest absolute Gasteiger partial charge is 0.337 e. The molecule has 104 valence electrons. The molecule has 0 aromatic heterocycles. The zero-order valence-corrected chi connectivity index (χ0v) is 12.9. The fraction of sp³-hybridized carbons (Fsp3) is 0.188. The van der Waals surface area contributed by atoms with E-state index in [1.807, 2.05) is 31.2 Å². The standard InChI is InChI=1S/C16H15BrFNO/c1-11-5-3-6-12(9-11)10-19(2)16(20)15-13(17)7-4-8-14(15)18/h3-9H,10H2,1-2H3. The highest BCUT2D eigenvalue weighted by Crippen LogP contribution is 2.21. The van der Waals surface area contributed by atoms with Gasteiger partial charge in [-0.05, 0) is 40.5 Å². The van der Waals surface area contributed by atoms with E-state index >= 15 is 0 Å². The minimum Gasteiger partial charge on any atom is -0.337 e. The van der Waals surface area contributed by atoms with Crippen LogP contribution in [0.1, 0.15) is 21.5 Å². The van der Waals surface area contributed by atoms with Crippen LogP contribution in [0.4, 0.5) is 4.39 Å². The lowest BCUT2D eigenvalue weighted by atomic mass is 10.1. The van der Waals surface area contributed by atoms with E-state index < -0.39 is 5.82 Å². The van der Waals surface area contributed by atoms with Gasteiger partial charge in [0.05, 0.1) is 5.56 Å². The van der Waals surface area contributed by atoms with Gasteiger partial charge >= 0.3 is 0 Å². The number of carbonyl (C=O) groups excluding carboxylic acids is 1. The number of rotatable bonds is 3. The summed E-state index contributed by atoms with van der Waals surface area (Å²) < 4.78 is 14.3. The minimum atomic E-state index is -0.513. The van der Waals surface area contributed by atoms with Crippen molar-refractivity contribution < 1.29 is 9.18 Å². The predicted molar refractivity (Wildman–Crippen MR) is 81.1 cm³/mol. The number of amides is 1. The van der Waals surface area contributed by atoms with Crippen molar-refractivity contribution in [2.24, 2.45) is 0 Å². The quantitative estimate of drug-likeness (QED) is 0.824. The fourth-order valence-electron chi connectivity index (χ4n) is 2.05. The second-order valence-electron chi connectivity index (χ2n) is 4.75. The Balaban J connectivity index is 2.21. The summed E-state index contributed by atoms with van der Waals surface area (Å²) in [5.41, 5.74) is 2.23. The SMILES string of the molecule is Cc1cccc(CN(C)C(=O)c2c(F)cccc2Br)c1. The van der Waals surface area contributed by atoms with Crippen molar-refractivity contribution in [3.63, 3.8) is 0 Å². The van der Waals surface area contributed by atoms with Gasteiger partial charge in [-0.2, -0.15) is 0 Å². The van der Waals surface area contributed by atoms with Gasteiger partial charge in [0, 0.05) is 18.1 Å². The van der Waals surface area contributed by atoms with Crippen molar-refractivity contribution in [1.82, 2.24) is 4.90 Å². The van der Waals surface area contributed by atoms with Crippen LogP contribution in [0, 0.1) is 12.7 Å². The molecule has 0 saturated carbocycles. The number of hydrogen-bond acceptors (Lipinski definition) is 1. The second kappa shape index (κ2) is 6.18. The summed E-state index contributed by atoms with van der Waals surface area (Å²) in [5, 5.41) is 0. The van der Waals surface area contributed by atoms with Crippen LogP contribution in [-0.4, -0.2) is 17.9 Å². The molecular formula is C16H15BrFNO. The van der Waals surface area contributed by atoms with Gasteiger partial charge in [-0.1, -0.05) is 35.9 Å². The van der Waals surface area contributed by atoms with E-state index in [1.165, 1.54) is 11.0 Å². The average Bonchev–Trinajstić information content (AvgIpc) is 2.38. The lowest BCUT2D eigenvalue weighted by Crippen LogP contribution is -2.27. The maximum absolute atomic E-state index is 13.8. The molecule has 0 N–H and O–H groups in total. The zero-order chi connectivity index (χ0) is 14.7. The van der Waals surface area contributed by atoms with Crippen LogP contribution in [0.25, 0.3) is 0 Å². The van der Waals surface area contributed by atoms with Crippen molar-refractivity contribution in [2.75, 3.05) is 7.05 Å². The monoisotopic (exact) mass is 335 g/mol. The molecule has 2 aromatic carbocycles. The van der Waals surface area contributed by atoms with Gasteiger partial charge in [0.25, 0.3) is 5.91 Å². The number of hydrogen-bond donors (Lipinski definition) is 0. The van der Waals surface area contributed by atoms with Crippen LogP contribution in [0.2, 0.25) is 0 Å². The Morgan fingerprint density at radius 2 is 1.95 bits per heavy atom. The summed E-state index contributed by atoms with van der Waals surface area (Å²) >= 11 is 3.23. The van der Waals surface area contributed by atoms with E-state index in [0.717, 1.165) is 11.1 Å². The average molecular weight is 336 g/mol. The smallest absolute Gasteiger partial charge is 0.258 e. The molecule has 0 atom stereocenters. The number of aryl methyl sites for hydroxylation is 1. The molecule has 1 amide bonds. The van der Waals surface area contributed by atoms with E-state index in [1.54, 1.807) is 19.2 Å². The van der Waals surface area contributed by atoms with Gasteiger partial charge < -0.3 is 4.90 Å². The van der Waals surface area contributed by atoms with Crippen LogP contribution in [-0.2, 0) is 6.54 Å². The number of benzene rings is 2. The Morgan fingerprint density at radius 1 is 1.25 bits per heavy atom. The van der Waals surface area contributed by atoms with Crippen molar-refractivity contribution in [3.8, 4) is 0 Å². The lowest BCUT2D eigenvalue weighted by molar-refractivity contribution is 0.0779. The lowest BCUT2D eigenvalue weighted by Gasteiger charge is -2.18. The van der Waals surface area contributed by atoms with Gasteiger partial charge in [-0.3, -0.25) is 4.79 Å². The summed E-state index contributed by atoms with van der Waals surface area (Å²) in [5.74, 6) is -0.850. The van der Waals surface area contributed by atoms with Gasteiger partial charge in [0.2, 0.25) is 0 Å². The third kappa shape index (κ3) is 3.25. The Bertz CT molecular complexity index is 622. The van der Waals surface area contributed by atoms with E-state index in [4.69, 9.17) is 0 Å². The van der Waals surface area contributed by atoms with Gasteiger partial charge in [-0.15, -0.1) is 0 Å². The normalized spacial score (nSPS) is 10.4. The summed E-state index contributed by atoms with van der Waals surface area (Å²) in [6.07, 6.45) is 0. The maximum Gasteiger partial charge on any atom is 0.258 e. The molecule has 0 aliphatic heterocycles. The van der Waals surface area contributed by atoms with E-state index in [0.29, 0.717) is 11.0 Å². The molecule has 2 rings (SSSR count). The zero-order valence-electron chi connectivity index (χ0n) is 11.4. The summed E-state index contributed by atoms with van der Waals surface area (Å²) in [6.45, 7) is 2.44. The number of halogens is 2. The minimum absolute atomic E-state index is 0.0719. The first kappa shape index (κ1) is 14.7. The fourth-order valence-corrected chi connectivity index (χ4v) is 2.56. The third-order valence-corrected chi connectivity index (χ3v) is 3.69. The van der Waals surface area contributed by atoms with Gasteiger partial charge in [0.1, 0.15) is 5.82 Å². The topological polar surface area (TPSA) is 20.3 Å². The molecule has 0 saturated heterocycles. The van der Waals surface area contributed by atoms with Crippen LogP contribution in [0.15, 0.2) is 46.9 Å². The summed E-state index contributed by atoms with van der Waals surface area (Å²) in [4.78, 5) is 13.8. The first-order valence-electron chi connectivity index (χ1n) is 6.24. The number of nitrogens with zero attached hydrogens (tertiary/aromatic N) is 1. The molecular weight excluding hydrogens is 321 g/mol. The highest BCUT2D eigenvalue weighted by Gasteiger charge is 2.19. The van der Waals surface area contributed by atoms with Crippen molar-refractivity contribution in [1.29, 1.82) is 0 Å². The molecule has 4 heteroatoms. The molecule has 0 unspecified atom stereocenters. The van der Waals surface area contributed by atoms with Crippen molar-refractivity contribution in [2.45, 2.75) is 13.5 Å². The van der Waals surface area contributed by atoms with Crippen LogP contribution >= 0.6 is 15.9 Å². The third-order valence-electron chi connectivity index (χ3n) is 3.03. The Kier molecular flexibility index (Phi) is 4.55. The van der Waals surface area contributed by atoms with E-state index in [9.17, 15) is 9.18 Å². The molecule has 20 heavy (non-hydrogen) atoms. The molecule has 0 aliphatic carbocycles. The molecule has 0 aliphatic rings. The Labute approximate surface area is 126 Å². The van der Waals surface area contributed by atoms with Gasteiger partial charge in [-0.25, -0.2) is 4.39 Å². The van der Waals surface area contributed by atoms with E-state index in [2.05, 4.69) is 15.9 Å². The Hall–Kier alpha value is -1.68. The summed E-state index contributed by atoms with van der Waals surface area (Å²) in [6, 6.07) is 12.4. The predicted octanol–water partition coefficient (Wildman–Crippen LogP) is 4.17. The highest BCUT2D eigenvalue weighted by atomic mass is 79.9. The maximum atomic E-state index is 13.8. The first-order valence-corrected chi connectivity index (χ1v) is 7.03. The second-order valence-corrected chi connectivity index (χ2v) is 5.60. The molecule has 0 bridgehead atoms. The van der Waals surface area contributed by atoms with Crippen molar-refractivity contribution in [3.05, 3.63) is 69.4 Å². The summed E-state index contributed by atoms with van der Waals surface area (Å²) in [7, 11) is 1.67. The van der Waals surface area contributed by atoms with E-state index in [-0.39, 0.29) is 11.5 Å². The highest BCUT2D eigenvalue weighted by molar-refractivity contribution is 9.10. The van der Waals surface area contributed by atoms with Crippen LogP contribution in [0.3, 0.4) is 0 Å². The van der Waals surface area contributed by atoms with Gasteiger partial charge in [0.15, 0.2) is 0 Å².